The van der Waals surface area contributed by atoms with Crippen LogP contribution in [0.25, 0.3) is 10.9 Å². The van der Waals surface area contributed by atoms with E-state index in [1.165, 1.54) is 11.8 Å². The van der Waals surface area contributed by atoms with Crippen molar-refractivity contribution >= 4 is 45.9 Å². The molecule has 2 aromatic carbocycles. The fraction of sp³-hybridized carbons (Fsp3) is 0.190. The van der Waals surface area contributed by atoms with Crippen LogP contribution in [0.5, 0.6) is 0 Å². The minimum atomic E-state index is -0.169. The number of pyridine rings is 1. The first kappa shape index (κ1) is 19.2. The highest BCUT2D eigenvalue weighted by molar-refractivity contribution is 8.00. The zero-order valence-corrected chi connectivity index (χ0v) is 16.8. The average Bonchev–Trinajstić information content (AvgIpc) is 2.66. The number of hydrogen-bond donors (Lipinski definition) is 1. The molecule has 0 radical (unpaired) electrons. The number of thioether (sulfide) groups is 1. The summed E-state index contributed by atoms with van der Waals surface area (Å²) in [7, 11) is 0. The quantitative estimate of drug-likeness (QED) is 0.599. The lowest BCUT2D eigenvalue weighted by Gasteiger charge is -2.11. The minimum absolute atomic E-state index is 0.157. The van der Waals surface area contributed by atoms with Crippen LogP contribution in [0.3, 0.4) is 0 Å². The first-order valence-electron chi connectivity index (χ1n) is 8.39. The number of benzene rings is 2. The lowest BCUT2D eigenvalue weighted by molar-refractivity contribution is -0.113. The molecule has 1 amide bonds. The molecule has 3 aromatic rings. The van der Waals surface area contributed by atoms with E-state index in [1.54, 1.807) is 12.1 Å². The van der Waals surface area contributed by atoms with Crippen LogP contribution in [0.15, 0.2) is 41.4 Å². The van der Waals surface area contributed by atoms with E-state index in [4.69, 9.17) is 11.6 Å². The number of anilines is 1. The number of carbonyl (C=O) groups excluding carboxylic acids is 1. The lowest BCUT2D eigenvalue weighted by Crippen LogP contribution is -2.15. The molecule has 1 heterocycles. The van der Waals surface area contributed by atoms with Crippen molar-refractivity contribution in [1.82, 2.24) is 4.98 Å². The van der Waals surface area contributed by atoms with Crippen LogP contribution in [-0.2, 0) is 4.79 Å². The Labute approximate surface area is 167 Å². The number of nitriles is 1. The molecule has 1 N–H and O–H groups in total. The summed E-state index contributed by atoms with van der Waals surface area (Å²) in [6.45, 7) is 5.84. The van der Waals surface area contributed by atoms with E-state index in [9.17, 15) is 10.1 Å². The van der Waals surface area contributed by atoms with E-state index in [0.29, 0.717) is 21.3 Å². The van der Waals surface area contributed by atoms with E-state index in [0.717, 1.165) is 27.6 Å². The van der Waals surface area contributed by atoms with Crippen LogP contribution < -0.4 is 5.32 Å². The monoisotopic (exact) mass is 395 g/mol. The normalized spacial score (nSPS) is 10.6. The second kappa shape index (κ2) is 7.99. The largest absolute Gasteiger partial charge is 0.325 e. The Bertz CT molecular complexity index is 1090. The average molecular weight is 396 g/mol. The van der Waals surface area contributed by atoms with Crippen molar-refractivity contribution in [3.8, 4) is 6.07 Å². The van der Waals surface area contributed by atoms with E-state index in [2.05, 4.69) is 16.4 Å². The molecule has 0 spiro atoms. The molecular formula is C21H18ClN3OS. The van der Waals surface area contributed by atoms with E-state index in [-0.39, 0.29) is 11.7 Å². The molecule has 0 aliphatic heterocycles. The summed E-state index contributed by atoms with van der Waals surface area (Å²) in [5.41, 5.74) is 4.97. The zero-order chi connectivity index (χ0) is 19.6. The molecule has 6 heteroatoms. The van der Waals surface area contributed by atoms with Crippen molar-refractivity contribution in [2.75, 3.05) is 11.1 Å². The lowest BCUT2D eigenvalue weighted by atomic mass is 10.0. The summed E-state index contributed by atoms with van der Waals surface area (Å²) in [5, 5.41) is 14.5. The molecule has 0 fully saturated rings. The number of amides is 1. The number of halogens is 1. The highest BCUT2D eigenvalue weighted by Crippen LogP contribution is 2.28. The fourth-order valence-electron chi connectivity index (χ4n) is 2.77. The van der Waals surface area contributed by atoms with Crippen molar-refractivity contribution in [1.29, 1.82) is 5.26 Å². The fourth-order valence-corrected chi connectivity index (χ4v) is 3.70. The third-order valence-corrected chi connectivity index (χ3v) is 5.77. The van der Waals surface area contributed by atoms with Crippen LogP contribution in [0, 0.1) is 32.1 Å². The van der Waals surface area contributed by atoms with Crippen molar-refractivity contribution < 1.29 is 4.79 Å². The predicted octanol–water partition coefficient (Wildman–Crippen LogP) is 5.42. The van der Waals surface area contributed by atoms with Crippen LogP contribution in [0.1, 0.15) is 22.3 Å². The molecule has 3 rings (SSSR count). The van der Waals surface area contributed by atoms with Crippen molar-refractivity contribution in [3.63, 3.8) is 0 Å². The second-order valence-corrected chi connectivity index (χ2v) is 7.67. The van der Waals surface area contributed by atoms with Crippen LogP contribution in [0.2, 0.25) is 5.02 Å². The van der Waals surface area contributed by atoms with Crippen molar-refractivity contribution in [3.05, 3.63) is 63.7 Å². The molecule has 27 heavy (non-hydrogen) atoms. The molecule has 4 nitrogen and oxygen atoms in total. The molecule has 1 aromatic heterocycles. The third-order valence-electron chi connectivity index (χ3n) is 4.37. The third kappa shape index (κ3) is 4.08. The SMILES string of the molecule is Cc1c(Cl)cccc1NC(=O)CSc1nc2c(C)ccc(C)c2cc1C#N. The standard InChI is InChI=1S/C21H18ClN3OS/c1-12-7-8-13(2)20-16(12)9-15(10-23)21(25-20)27-11-19(26)24-18-6-4-5-17(22)14(18)3/h4-9H,11H2,1-3H3,(H,24,26). The van der Waals surface area contributed by atoms with Gasteiger partial charge in [0.2, 0.25) is 5.91 Å². The van der Waals surface area contributed by atoms with E-state index < -0.39 is 0 Å². The Morgan fingerprint density at radius 1 is 1.22 bits per heavy atom. The van der Waals surface area contributed by atoms with Gasteiger partial charge in [-0.15, -0.1) is 0 Å². The molecular weight excluding hydrogens is 378 g/mol. The Morgan fingerprint density at radius 3 is 2.70 bits per heavy atom. The number of rotatable bonds is 4. The summed E-state index contributed by atoms with van der Waals surface area (Å²) >= 11 is 7.35. The number of carbonyl (C=O) groups is 1. The molecule has 0 aliphatic carbocycles. The highest BCUT2D eigenvalue weighted by atomic mass is 35.5. The summed E-state index contributed by atoms with van der Waals surface area (Å²) in [6, 6.07) is 13.5. The number of nitrogens with zero attached hydrogens (tertiary/aromatic N) is 2. The number of nitrogens with one attached hydrogen (secondary N) is 1. The van der Waals surface area contributed by atoms with Crippen molar-refractivity contribution in [2.45, 2.75) is 25.8 Å². The van der Waals surface area contributed by atoms with Gasteiger partial charge in [0.15, 0.2) is 0 Å². The van der Waals surface area contributed by atoms with Crippen LogP contribution in [0.4, 0.5) is 5.69 Å². The van der Waals surface area contributed by atoms with Gasteiger partial charge in [0.1, 0.15) is 11.1 Å². The summed E-state index contributed by atoms with van der Waals surface area (Å²) in [6.07, 6.45) is 0. The first-order valence-corrected chi connectivity index (χ1v) is 9.76. The Morgan fingerprint density at radius 2 is 1.96 bits per heavy atom. The van der Waals surface area contributed by atoms with Crippen LogP contribution in [-0.4, -0.2) is 16.6 Å². The number of fused-ring (bicyclic) bond motifs is 1. The van der Waals surface area contributed by atoms with Gasteiger partial charge in [-0.2, -0.15) is 5.26 Å². The van der Waals surface area contributed by atoms with Gasteiger partial charge in [-0.1, -0.05) is 41.6 Å². The maximum absolute atomic E-state index is 12.3. The first-order chi connectivity index (χ1) is 12.9. The molecule has 0 bridgehead atoms. The maximum atomic E-state index is 12.3. The Hall–Kier alpha value is -2.55. The molecule has 0 saturated heterocycles. The van der Waals surface area contributed by atoms with Crippen LogP contribution >= 0.6 is 23.4 Å². The van der Waals surface area contributed by atoms with E-state index in [1.807, 2.05) is 45.0 Å². The number of aromatic nitrogens is 1. The second-order valence-electron chi connectivity index (χ2n) is 6.30. The molecule has 136 valence electrons. The minimum Gasteiger partial charge on any atom is -0.325 e. The molecule has 0 unspecified atom stereocenters. The zero-order valence-electron chi connectivity index (χ0n) is 15.3. The smallest absolute Gasteiger partial charge is 0.234 e. The maximum Gasteiger partial charge on any atom is 0.234 e. The van der Waals surface area contributed by atoms with Gasteiger partial charge in [-0.3, -0.25) is 4.79 Å². The Balaban J connectivity index is 1.82. The van der Waals surface area contributed by atoms with Gasteiger partial charge in [0, 0.05) is 16.1 Å². The van der Waals surface area contributed by atoms with E-state index >= 15 is 0 Å². The summed E-state index contributed by atoms with van der Waals surface area (Å²) < 4.78 is 0. The van der Waals surface area contributed by atoms with Crippen molar-refractivity contribution in [2.24, 2.45) is 0 Å². The molecule has 0 saturated carbocycles. The molecule has 0 atom stereocenters. The topological polar surface area (TPSA) is 65.8 Å². The number of hydrogen-bond acceptors (Lipinski definition) is 4. The summed E-state index contributed by atoms with van der Waals surface area (Å²) in [5.74, 6) is -0.0126. The van der Waals surface area contributed by atoms with Gasteiger partial charge in [0.05, 0.1) is 16.8 Å². The highest BCUT2D eigenvalue weighted by Gasteiger charge is 2.13. The molecule has 0 aliphatic rings. The predicted molar refractivity (Wildman–Crippen MR) is 111 cm³/mol. The summed E-state index contributed by atoms with van der Waals surface area (Å²) in [4.78, 5) is 17.0. The number of aryl methyl sites for hydroxylation is 2. The van der Waals surface area contributed by atoms with Gasteiger partial charge in [-0.05, 0) is 55.7 Å². The van der Waals surface area contributed by atoms with Gasteiger partial charge >= 0.3 is 0 Å². The van der Waals surface area contributed by atoms with Gasteiger partial charge < -0.3 is 5.32 Å². The Kier molecular flexibility index (Phi) is 5.69. The van der Waals surface area contributed by atoms with Gasteiger partial charge in [0.25, 0.3) is 0 Å². The van der Waals surface area contributed by atoms with Gasteiger partial charge in [-0.25, -0.2) is 4.98 Å².